The van der Waals surface area contributed by atoms with Crippen LogP contribution >= 0.6 is 0 Å². The Morgan fingerprint density at radius 2 is 1.77 bits per heavy atom. The van der Waals surface area contributed by atoms with Gasteiger partial charge in [-0.1, -0.05) is 12.1 Å². The van der Waals surface area contributed by atoms with Crippen molar-refractivity contribution in [1.82, 2.24) is 4.31 Å². The predicted molar refractivity (Wildman–Crippen MR) is 114 cm³/mol. The summed E-state index contributed by atoms with van der Waals surface area (Å²) in [6.07, 6.45) is 0.785. The van der Waals surface area contributed by atoms with Gasteiger partial charge in [0.25, 0.3) is 5.69 Å². The van der Waals surface area contributed by atoms with Crippen molar-refractivity contribution in [2.24, 2.45) is 5.92 Å². The molecule has 1 heterocycles. The third-order valence-corrected chi connectivity index (χ3v) is 7.60. The summed E-state index contributed by atoms with van der Waals surface area (Å²) in [5.41, 5.74) is 2.69. The van der Waals surface area contributed by atoms with Gasteiger partial charge in [-0.05, 0) is 62.9 Å². The molecule has 1 aliphatic rings. The number of nitrogens with zero attached hydrogens (tertiary/aromatic N) is 2. The van der Waals surface area contributed by atoms with Gasteiger partial charge in [0.05, 0.1) is 21.1 Å². The second-order valence-electron chi connectivity index (χ2n) is 7.62. The van der Waals surface area contributed by atoms with Crippen LogP contribution in [0.25, 0.3) is 0 Å². The normalized spacial score (nSPS) is 15.7. The van der Waals surface area contributed by atoms with E-state index in [1.165, 1.54) is 16.4 Å². The number of nitro groups is 1. The molecule has 0 spiro atoms. The Morgan fingerprint density at radius 1 is 1.10 bits per heavy atom. The van der Waals surface area contributed by atoms with Crippen LogP contribution in [0.2, 0.25) is 0 Å². The molecule has 3 rings (SSSR count). The molecular formula is C21H25N3O5S. The van der Waals surface area contributed by atoms with Crippen LogP contribution in [0.5, 0.6) is 0 Å². The van der Waals surface area contributed by atoms with Crippen molar-refractivity contribution < 1.29 is 18.1 Å². The number of benzene rings is 2. The maximum absolute atomic E-state index is 12.9. The van der Waals surface area contributed by atoms with E-state index in [1.54, 1.807) is 31.2 Å². The highest BCUT2D eigenvalue weighted by atomic mass is 32.2. The first-order valence-corrected chi connectivity index (χ1v) is 11.2. The number of carbonyl (C=O) groups excluding carboxylic acids is 1. The highest BCUT2D eigenvalue weighted by Crippen LogP contribution is 2.28. The second-order valence-corrected chi connectivity index (χ2v) is 9.56. The number of amides is 1. The smallest absolute Gasteiger partial charge is 0.274 e. The summed E-state index contributed by atoms with van der Waals surface area (Å²) in [5, 5.41) is 13.8. The number of hydrogen-bond donors (Lipinski definition) is 1. The number of hydrogen-bond acceptors (Lipinski definition) is 5. The Labute approximate surface area is 176 Å². The number of nitro benzene ring substituents is 1. The zero-order chi connectivity index (χ0) is 22.1. The molecule has 1 N–H and O–H groups in total. The fraction of sp³-hybridized carbons (Fsp3) is 0.381. The lowest BCUT2D eigenvalue weighted by Crippen LogP contribution is -2.41. The zero-order valence-corrected chi connectivity index (χ0v) is 18.0. The summed E-state index contributed by atoms with van der Waals surface area (Å²) in [5.74, 6) is -0.600. The van der Waals surface area contributed by atoms with Gasteiger partial charge in [-0.25, -0.2) is 8.42 Å². The SMILES string of the molecule is Cc1ccc(S(=O)(=O)N2CCC(C(=O)Nc3cccc([N+](=O)[O-])c3C)CC2)cc1C. The minimum absolute atomic E-state index is 0.0536. The van der Waals surface area contributed by atoms with Crippen LogP contribution in [0.4, 0.5) is 11.4 Å². The molecule has 1 fully saturated rings. The summed E-state index contributed by atoms with van der Waals surface area (Å²) in [6, 6.07) is 9.63. The lowest BCUT2D eigenvalue weighted by molar-refractivity contribution is -0.385. The molecule has 160 valence electrons. The van der Waals surface area contributed by atoms with Crippen LogP contribution in [0.15, 0.2) is 41.3 Å². The lowest BCUT2D eigenvalue weighted by Gasteiger charge is -2.30. The van der Waals surface area contributed by atoms with Gasteiger partial charge in [0.15, 0.2) is 0 Å². The van der Waals surface area contributed by atoms with Crippen LogP contribution in [-0.2, 0) is 14.8 Å². The Kier molecular flexibility index (Phi) is 6.23. The fourth-order valence-electron chi connectivity index (χ4n) is 3.57. The molecule has 0 aliphatic carbocycles. The van der Waals surface area contributed by atoms with Crippen molar-refractivity contribution in [3.05, 3.63) is 63.2 Å². The molecule has 1 amide bonds. The largest absolute Gasteiger partial charge is 0.325 e. The van der Waals surface area contributed by atoms with Crippen LogP contribution < -0.4 is 5.32 Å². The third-order valence-electron chi connectivity index (χ3n) is 5.70. The summed E-state index contributed by atoms with van der Waals surface area (Å²) in [7, 11) is -3.60. The summed E-state index contributed by atoms with van der Waals surface area (Å²) in [4.78, 5) is 23.5. The first-order valence-electron chi connectivity index (χ1n) is 9.73. The Morgan fingerprint density at radius 3 is 2.37 bits per heavy atom. The number of carbonyl (C=O) groups is 1. The molecule has 0 atom stereocenters. The second kappa shape index (κ2) is 8.53. The Hall–Kier alpha value is -2.78. The molecule has 30 heavy (non-hydrogen) atoms. The third kappa shape index (κ3) is 4.36. The minimum atomic E-state index is -3.60. The van der Waals surface area contributed by atoms with Gasteiger partial charge in [-0.15, -0.1) is 0 Å². The van der Waals surface area contributed by atoms with E-state index in [0.717, 1.165) is 11.1 Å². The van der Waals surface area contributed by atoms with Gasteiger partial charge in [0, 0.05) is 25.1 Å². The quantitative estimate of drug-likeness (QED) is 0.575. The van der Waals surface area contributed by atoms with Crippen LogP contribution in [-0.4, -0.2) is 36.6 Å². The van der Waals surface area contributed by atoms with Crippen LogP contribution in [0, 0.1) is 36.8 Å². The lowest BCUT2D eigenvalue weighted by atomic mass is 9.97. The standard InChI is InChI=1S/C21H25N3O5S/c1-14-7-8-18(13-15(14)2)30(28,29)23-11-9-17(10-12-23)21(25)22-19-5-4-6-20(16(19)3)24(26)27/h4-8,13,17H,9-12H2,1-3H3,(H,22,25). The van der Waals surface area contributed by atoms with Gasteiger partial charge in [0.1, 0.15) is 0 Å². The van der Waals surface area contributed by atoms with Crippen LogP contribution in [0.1, 0.15) is 29.5 Å². The van der Waals surface area contributed by atoms with Gasteiger partial charge >= 0.3 is 0 Å². The molecule has 9 heteroatoms. The minimum Gasteiger partial charge on any atom is -0.325 e. The number of anilines is 1. The van der Waals surface area contributed by atoms with Crippen molar-refractivity contribution in [1.29, 1.82) is 0 Å². The average molecular weight is 432 g/mol. The van der Waals surface area contributed by atoms with E-state index in [2.05, 4.69) is 5.32 Å². The van der Waals surface area contributed by atoms with E-state index in [9.17, 15) is 23.3 Å². The highest BCUT2D eigenvalue weighted by Gasteiger charge is 2.32. The number of aryl methyl sites for hydroxylation is 2. The monoisotopic (exact) mass is 431 g/mol. The van der Waals surface area contributed by atoms with Gasteiger partial charge in [-0.3, -0.25) is 14.9 Å². The number of nitrogens with one attached hydrogen (secondary N) is 1. The number of piperidine rings is 1. The highest BCUT2D eigenvalue weighted by molar-refractivity contribution is 7.89. The predicted octanol–water partition coefficient (Wildman–Crippen LogP) is 3.56. The van der Waals surface area contributed by atoms with E-state index >= 15 is 0 Å². The van der Waals surface area contributed by atoms with E-state index in [1.807, 2.05) is 13.8 Å². The van der Waals surface area contributed by atoms with Gasteiger partial charge < -0.3 is 5.32 Å². The molecule has 0 radical (unpaired) electrons. The molecule has 0 aromatic heterocycles. The Bertz CT molecular complexity index is 1090. The van der Waals surface area contributed by atoms with Gasteiger partial charge in [0.2, 0.25) is 15.9 Å². The Balaban J connectivity index is 1.67. The van der Waals surface area contributed by atoms with Crippen molar-refractivity contribution >= 4 is 27.3 Å². The fourth-order valence-corrected chi connectivity index (χ4v) is 5.13. The first kappa shape index (κ1) is 21.9. The van der Waals surface area contributed by atoms with Crippen molar-refractivity contribution in [2.45, 2.75) is 38.5 Å². The molecule has 0 saturated carbocycles. The van der Waals surface area contributed by atoms with E-state index < -0.39 is 14.9 Å². The van der Waals surface area contributed by atoms with Gasteiger partial charge in [-0.2, -0.15) is 4.31 Å². The molecule has 2 aromatic rings. The summed E-state index contributed by atoms with van der Waals surface area (Å²) in [6.45, 7) is 5.90. The van der Waals surface area contributed by atoms with E-state index in [0.29, 0.717) is 24.1 Å². The zero-order valence-electron chi connectivity index (χ0n) is 17.2. The maximum Gasteiger partial charge on any atom is 0.274 e. The van der Waals surface area contributed by atoms with E-state index in [4.69, 9.17) is 0 Å². The summed E-state index contributed by atoms with van der Waals surface area (Å²) >= 11 is 0. The number of sulfonamides is 1. The molecule has 0 unspecified atom stereocenters. The van der Waals surface area contributed by atoms with E-state index in [-0.39, 0.29) is 35.5 Å². The molecule has 1 aliphatic heterocycles. The number of rotatable bonds is 5. The van der Waals surface area contributed by atoms with Crippen LogP contribution in [0.3, 0.4) is 0 Å². The molecule has 1 saturated heterocycles. The summed E-state index contributed by atoms with van der Waals surface area (Å²) < 4.78 is 27.3. The molecule has 2 aromatic carbocycles. The molecule has 0 bridgehead atoms. The molecular weight excluding hydrogens is 406 g/mol. The van der Waals surface area contributed by atoms with Crippen molar-refractivity contribution in [2.75, 3.05) is 18.4 Å². The molecule has 8 nitrogen and oxygen atoms in total. The maximum atomic E-state index is 12.9. The van der Waals surface area contributed by atoms with Crippen molar-refractivity contribution in [3.8, 4) is 0 Å². The van der Waals surface area contributed by atoms with Crippen molar-refractivity contribution in [3.63, 3.8) is 0 Å². The topological polar surface area (TPSA) is 110 Å². The first-order chi connectivity index (χ1) is 14.1. The average Bonchev–Trinajstić information content (AvgIpc) is 2.71.